The zero-order valence-electron chi connectivity index (χ0n) is 10.1. The summed E-state index contributed by atoms with van der Waals surface area (Å²) in [7, 11) is 0. The fourth-order valence-electron chi connectivity index (χ4n) is 2.16. The summed E-state index contributed by atoms with van der Waals surface area (Å²) in [6.07, 6.45) is 3.28. The van der Waals surface area contributed by atoms with E-state index in [4.69, 9.17) is 0 Å². The molecule has 0 amide bonds. The van der Waals surface area contributed by atoms with Crippen molar-refractivity contribution in [2.75, 3.05) is 11.4 Å². The zero-order chi connectivity index (χ0) is 12.4. The fourth-order valence-corrected chi connectivity index (χ4v) is 2.16. The number of hydrogen-bond donors (Lipinski definition) is 1. The van der Waals surface area contributed by atoms with E-state index in [1.807, 2.05) is 12.1 Å². The molecule has 0 saturated heterocycles. The van der Waals surface area contributed by atoms with Crippen LogP contribution in [-0.2, 0) is 0 Å². The lowest BCUT2D eigenvalue weighted by Gasteiger charge is -2.27. The van der Waals surface area contributed by atoms with E-state index in [0.29, 0.717) is 18.2 Å². The standard InChI is InChI=1S/C14H18FNO/c1-3-9-16(11-7-8-11)13-6-4-5-12(15)14(13)10(2)17/h3-6,10-11,17H,1,7-9H2,2H3/t10-/m1/s1. The molecule has 0 spiro atoms. The molecule has 17 heavy (non-hydrogen) atoms. The first-order valence-corrected chi connectivity index (χ1v) is 5.99. The summed E-state index contributed by atoms with van der Waals surface area (Å²) < 4.78 is 13.8. The van der Waals surface area contributed by atoms with Crippen molar-refractivity contribution in [3.8, 4) is 0 Å². The quantitative estimate of drug-likeness (QED) is 0.793. The van der Waals surface area contributed by atoms with Crippen LogP contribution >= 0.6 is 0 Å². The number of anilines is 1. The summed E-state index contributed by atoms with van der Waals surface area (Å²) in [6.45, 7) is 6.02. The molecule has 0 aromatic heterocycles. The monoisotopic (exact) mass is 235 g/mol. The van der Waals surface area contributed by atoms with Gasteiger partial charge in [0.2, 0.25) is 0 Å². The van der Waals surface area contributed by atoms with Crippen LogP contribution in [0.2, 0.25) is 0 Å². The molecular formula is C14H18FNO. The van der Waals surface area contributed by atoms with Crippen molar-refractivity contribution in [3.63, 3.8) is 0 Å². The summed E-state index contributed by atoms with van der Waals surface area (Å²) in [4.78, 5) is 2.12. The van der Waals surface area contributed by atoms with E-state index in [2.05, 4.69) is 11.5 Å². The topological polar surface area (TPSA) is 23.5 Å². The van der Waals surface area contributed by atoms with Gasteiger partial charge in [-0.05, 0) is 31.9 Å². The number of aliphatic hydroxyl groups is 1. The number of benzene rings is 1. The Balaban J connectivity index is 2.41. The van der Waals surface area contributed by atoms with Gasteiger partial charge in [-0.15, -0.1) is 6.58 Å². The molecule has 1 aliphatic carbocycles. The molecule has 2 rings (SSSR count). The van der Waals surface area contributed by atoms with Crippen molar-refractivity contribution >= 4 is 5.69 Å². The van der Waals surface area contributed by atoms with Crippen molar-refractivity contribution in [2.45, 2.75) is 31.9 Å². The van der Waals surface area contributed by atoms with Crippen LogP contribution in [0.4, 0.5) is 10.1 Å². The smallest absolute Gasteiger partial charge is 0.131 e. The summed E-state index contributed by atoms with van der Waals surface area (Å²) >= 11 is 0. The molecule has 2 nitrogen and oxygen atoms in total. The molecule has 1 atom stereocenters. The molecule has 1 aromatic rings. The van der Waals surface area contributed by atoms with Gasteiger partial charge in [-0.2, -0.15) is 0 Å². The molecule has 0 bridgehead atoms. The molecule has 0 radical (unpaired) electrons. The van der Waals surface area contributed by atoms with Crippen LogP contribution in [0, 0.1) is 5.82 Å². The molecule has 1 saturated carbocycles. The van der Waals surface area contributed by atoms with Crippen LogP contribution in [0.1, 0.15) is 31.4 Å². The predicted molar refractivity (Wildman–Crippen MR) is 67.6 cm³/mol. The van der Waals surface area contributed by atoms with Crippen LogP contribution in [0.15, 0.2) is 30.9 Å². The third-order valence-corrected chi connectivity index (χ3v) is 3.07. The highest BCUT2D eigenvalue weighted by Crippen LogP contribution is 2.36. The highest BCUT2D eigenvalue weighted by molar-refractivity contribution is 5.57. The molecule has 1 aromatic carbocycles. The summed E-state index contributed by atoms with van der Waals surface area (Å²) in [5.41, 5.74) is 1.18. The van der Waals surface area contributed by atoms with E-state index in [-0.39, 0.29) is 5.82 Å². The number of hydrogen-bond acceptors (Lipinski definition) is 2. The van der Waals surface area contributed by atoms with Gasteiger partial charge in [0.05, 0.1) is 6.10 Å². The highest BCUT2D eigenvalue weighted by atomic mass is 19.1. The number of rotatable bonds is 5. The Morgan fingerprint density at radius 3 is 2.82 bits per heavy atom. The van der Waals surface area contributed by atoms with Gasteiger partial charge in [0.25, 0.3) is 0 Å². The Hall–Kier alpha value is -1.35. The van der Waals surface area contributed by atoms with E-state index in [1.165, 1.54) is 6.07 Å². The summed E-state index contributed by atoms with van der Waals surface area (Å²) in [5.74, 6) is -0.341. The summed E-state index contributed by atoms with van der Waals surface area (Å²) in [6, 6.07) is 5.42. The van der Waals surface area contributed by atoms with Crippen LogP contribution in [0.25, 0.3) is 0 Å². The maximum absolute atomic E-state index is 13.8. The first kappa shape index (κ1) is 12.1. The number of nitrogens with zero attached hydrogens (tertiary/aromatic N) is 1. The van der Waals surface area contributed by atoms with Crippen LogP contribution in [0.5, 0.6) is 0 Å². The van der Waals surface area contributed by atoms with E-state index in [0.717, 1.165) is 18.5 Å². The maximum Gasteiger partial charge on any atom is 0.131 e. The predicted octanol–water partition coefficient (Wildman–Crippen LogP) is 3.03. The van der Waals surface area contributed by atoms with Gasteiger partial charge in [-0.3, -0.25) is 0 Å². The molecule has 1 fully saturated rings. The van der Waals surface area contributed by atoms with Gasteiger partial charge in [-0.25, -0.2) is 4.39 Å². The Bertz CT molecular complexity index is 413. The first-order valence-electron chi connectivity index (χ1n) is 5.99. The first-order chi connectivity index (χ1) is 8.15. The van der Waals surface area contributed by atoms with Gasteiger partial charge < -0.3 is 10.0 Å². The molecular weight excluding hydrogens is 217 g/mol. The third kappa shape index (κ3) is 2.50. The zero-order valence-corrected chi connectivity index (χ0v) is 10.1. The fraction of sp³-hybridized carbons (Fsp3) is 0.429. The minimum atomic E-state index is -0.794. The van der Waals surface area contributed by atoms with E-state index < -0.39 is 6.10 Å². The number of halogens is 1. The van der Waals surface area contributed by atoms with Crippen molar-refractivity contribution in [1.29, 1.82) is 0 Å². The van der Waals surface area contributed by atoms with Crippen LogP contribution in [0.3, 0.4) is 0 Å². The van der Waals surface area contributed by atoms with Crippen molar-refractivity contribution in [1.82, 2.24) is 0 Å². The minimum Gasteiger partial charge on any atom is -0.389 e. The Morgan fingerprint density at radius 1 is 1.59 bits per heavy atom. The average Bonchev–Trinajstić information content (AvgIpc) is 3.08. The van der Waals surface area contributed by atoms with Crippen molar-refractivity contribution < 1.29 is 9.50 Å². The lowest BCUT2D eigenvalue weighted by Crippen LogP contribution is -2.27. The molecule has 0 heterocycles. The molecule has 3 heteroatoms. The minimum absolute atomic E-state index is 0.341. The Morgan fingerprint density at radius 2 is 2.29 bits per heavy atom. The van der Waals surface area contributed by atoms with Crippen molar-refractivity contribution in [2.24, 2.45) is 0 Å². The van der Waals surface area contributed by atoms with Crippen LogP contribution in [-0.4, -0.2) is 17.7 Å². The number of aliphatic hydroxyl groups excluding tert-OH is 1. The van der Waals surface area contributed by atoms with E-state index in [1.54, 1.807) is 13.0 Å². The third-order valence-electron chi connectivity index (χ3n) is 3.07. The van der Waals surface area contributed by atoms with E-state index >= 15 is 0 Å². The van der Waals surface area contributed by atoms with Gasteiger partial charge in [0.15, 0.2) is 0 Å². The SMILES string of the molecule is C=CCN(c1cccc(F)c1[C@@H](C)O)C1CC1. The van der Waals surface area contributed by atoms with Crippen molar-refractivity contribution in [3.05, 3.63) is 42.2 Å². The molecule has 92 valence electrons. The molecule has 0 aliphatic heterocycles. The summed E-state index contributed by atoms with van der Waals surface area (Å²) in [5, 5.41) is 9.71. The molecule has 1 aliphatic rings. The average molecular weight is 235 g/mol. The maximum atomic E-state index is 13.8. The Kier molecular flexibility index (Phi) is 3.48. The Labute approximate surface area is 101 Å². The lowest BCUT2D eigenvalue weighted by atomic mass is 10.1. The van der Waals surface area contributed by atoms with Gasteiger partial charge in [-0.1, -0.05) is 12.1 Å². The second kappa shape index (κ2) is 4.88. The van der Waals surface area contributed by atoms with Gasteiger partial charge >= 0.3 is 0 Å². The van der Waals surface area contributed by atoms with Gasteiger partial charge in [0.1, 0.15) is 5.82 Å². The van der Waals surface area contributed by atoms with Crippen LogP contribution < -0.4 is 4.90 Å². The molecule has 1 N–H and O–H groups in total. The largest absolute Gasteiger partial charge is 0.389 e. The normalized spacial score (nSPS) is 16.6. The highest BCUT2D eigenvalue weighted by Gasteiger charge is 2.30. The second-order valence-electron chi connectivity index (χ2n) is 4.52. The van der Waals surface area contributed by atoms with E-state index in [9.17, 15) is 9.50 Å². The van der Waals surface area contributed by atoms with Gasteiger partial charge in [0, 0.05) is 23.8 Å². The molecule has 0 unspecified atom stereocenters. The lowest BCUT2D eigenvalue weighted by molar-refractivity contribution is 0.194. The second-order valence-corrected chi connectivity index (χ2v) is 4.52.